The topological polar surface area (TPSA) is 44.4 Å². The molecule has 21 heavy (non-hydrogen) atoms. The van der Waals surface area contributed by atoms with E-state index in [9.17, 15) is 4.79 Å². The third-order valence-electron chi connectivity index (χ3n) is 4.72. The molecule has 0 bridgehead atoms. The van der Waals surface area contributed by atoms with Crippen LogP contribution in [-0.2, 0) is 4.79 Å². The molecule has 3 atom stereocenters. The lowest BCUT2D eigenvalue weighted by Gasteiger charge is -2.28. The van der Waals surface area contributed by atoms with E-state index < -0.39 is 0 Å². The number of amides is 1. The zero-order chi connectivity index (χ0) is 13.7. The van der Waals surface area contributed by atoms with Crippen LogP contribution in [0.5, 0.6) is 0 Å². The molecule has 2 heterocycles. The van der Waals surface area contributed by atoms with E-state index in [1.807, 2.05) is 0 Å². The van der Waals surface area contributed by atoms with Crippen LogP contribution in [-0.4, -0.2) is 50.6 Å². The first-order valence-electron chi connectivity index (χ1n) is 7.81. The first-order valence-corrected chi connectivity index (χ1v) is 7.81. The van der Waals surface area contributed by atoms with Crippen molar-refractivity contribution in [2.45, 2.75) is 32.6 Å². The summed E-state index contributed by atoms with van der Waals surface area (Å²) in [6.45, 7) is 7.61. The summed E-state index contributed by atoms with van der Waals surface area (Å²) in [5, 5.41) is 6.56. The van der Waals surface area contributed by atoms with Crippen molar-refractivity contribution in [2.24, 2.45) is 17.8 Å². The number of hydrogen-bond donors (Lipinski definition) is 2. The molecule has 3 unspecified atom stereocenters. The molecular formula is C15H31Cl2N3O. The Bertz CT molecular complexity index is 299. The molecular weight excluding hydrogens is 309 g/mol. The molecule has 2 aliphatic heterocycles. The van der Waals surface area contributed by atoms with E-state index in [2.05, 4.69) is 29.5 Å². The maximum atomic E-state index is 12.0. The quantitative estimate of drug-likeness (QED) is 0.804. The van der Waals surface area contributed by atoms with Crippen LogP contribution in [0.3, 0.4) is 0 Å². The molecule has 2 aliphatic rings. The molecule has 6 heteroatoms. The summed E-state index contributed by atoms with van der Waals surface area (Å²) >= 11 is 0. The summed E-state index contributed by atoms with van der Waals surface area (Å²) in [4.78, 5) is 14.3. The van der Waals surface area contributed by atoms with Gasteiger partial charge in [-0.15, -0.1) is 24.8 Å². The maximum absolute atomic E-state index is 12.0. The van der Waals surface area contributed by atoms with Gasteiger partial charge in [-0.3, -0.25) is 4.79 Å². The van der Waals surface area contributed by atoms with Crippen LogP contribution in [0.15, 0.2) is 0 Å². The Kier molecular flexibility index (Phi) is 10.6. The fraction of sp³-hybridized carbons (Fsp3) is 0.933. The Hall–Kier alpha value is -0.0300. The van der Waals surface area contributed by atoms with Crippen LogP contribution >= 0.6 is 24.8 Å². The Labute approximate surface area is 141 Å². The molecule has 4 nitrogen and oxygen atoms in total. The number of nitrogens with zero attached hydrogens (tertiary/aromatic N) is 1. The van der Waals surface area contributed by atoms with Crippen molar-refractivity contribution in [2.75, 3.05) is 39.8 Å². The van der Waals surface area contributed by atoms with Crippen molar-refractivity contribution in [3.63, 3.8) is 0 Å². The van der Waals surface area contributed by atoms with Gasteiger partial charge in [0.05, 0.1) is 0 Å². The summed E-state index contributed by atoms with van der Waals surface area (Å²) in [7, 11) is 2.15. The van der Waals surface area contributed by atoms with Gasteiger partial charge in [-0.25, -0.2) is 0 Å². The lowest BCUT2D eigenvalue weighted by atomic mass is 9.85. The fourth-order valence-electron chi connectivity index (χ4n) is 3.35. The lowest BCUT2D eigenvalue weighted by Crippen LogP contribution is -2.36. The Morgan fingerprint density at radius 3 is 2.71 bits per heavy atom. The van der Waals surface area contributed by atoms with E-state index in [-0.39, 0.29) is 30.7 Å². The number of likely N-dealkylation sites (tertiary alicyclic amines) is 1. The number of piperidine rings is 1. The molecule has 2 fully saturated rings. The zero-order valence-corrected chi connectivity index (χ0v) is 14.9. The summed E-state index contributed by atoms with van der Waals surface area (Å²) in [6, 6.07) is 0. The van der Waals surface area contributed by atoms with Crippen molar-refractivity contribution in [1.29, 1.82) is 0 Å². The molecule has 2 rings (SSSR count). The predicted molar refractivity (Wildman–Crippen MR) is 92.5 cm³/mol. The van der Waals surface area contributed by atoms with Gasteiger partial charge >= 0.3 is 0 Å². The molecule has 2 N–H and O–H groups in total. The minimum atomic E-state index is 0. The standard InChI is InChI=1S/C15H29N3O.2ClH/c1-12(14-4-3-6-16-10-14)8-15(19)17-9-13-5-7-18(2)11-13;;/h12-14,16H,3-11H2,1-2H3,(H,17,19);2*1H. The molecule has 1 amide bonds. The first kappa shape index (κ1) is 21.0. The minimum Gasteiger partial charge on any atom is -0.356 e. The molecule has 0 aromatic heterocycles. The van der Waals surface area contributed by atoms with Gasteiger partial charge in [-0.05, 0) is 63.7 Å². The minimum absolute atomic E-state index is 0. The van der Waals surface area contributed by atoms with Gasteiger partial charge in [0.25, 0.3) is 0 Å². The van der Waals surface area contributed by atoms with Gasteiger partial charge in [0.2, 0.25) is 5.91 Å². The van der Waals surface area contributed by atoms with Crippen molar-refractivity contribution < 1.29 is 4.79 Å². The number of rotatable bonds is 5. The van der Waals surface area contributed by atoms with E-state index in [4.69, 9.17) is 0 Å². The van der Waals surface area contributed by atoms with Crippen LogP contribution in [0.4, 0.5) is 0 Å². The van der Waals surface area contributed by atoms with Crippen LogP contribution in [0.25, 0.3) is 0 Å². The highest BCUT2D eigenvalue weighted by atomic mass is 35.5. The maximum Gasteiger partial charge on any atom is 0.220 e. The second-order valence-electron chi connectivity index (χ2n) is 6.51. The molecule has 0 spiro atoms. The molecule has 0 aromatic rings. The number of halogens is 2. The van der Waals surface area contributed by atoms with Gasteiger partial charge in [0, 0.05) is 19.5 Å². The van der Waals surface area contributed by atoms with Crippen LogP contribution < -0.4 is 10.6 Å². The number of carbonyl (C=O) groups excluding carboxylic acids is 1. The molecule has 2 saturated heterocycles. The average Bonchev–Trinajstić information content (AvgIpc) is 2.83. The largest absolute Gasteiger partial charge is 0.356 e. The van der Waals surface area contributed by atoms with Gasteiger partial charge in [0.15, 0.2) is 0 Å². The van der Waals surface area contributed by atoms with Crippen LogP contribution in [0, 0.1) is 17.8 Å². The molecule has 0 aliphatic carbocycles. The normalized spacial score (nSPS) is 27.3. The smallest absolute Gasteiger partial charge is 0.220 e. The van der Waals surface area contributed by atoms with Crippen LogP contribution in [0.2, 0.25) is 0 Å². The summed E-state index contributed by atoms with van der Waals surface area (Å²) < 4.78 is 0. The zero-order valence-electron chi connectivity index (χ0n) is 13.3. The third-order valence-corrected chi connectivity index (χ3v) is 4.72. The van der Waals surface area contributed by atoms with E-state index in [0.29, 0.717) is 24.2 Å². The van der Waals surface area contributed by atoms with Crippen molar-refractivity contribution in [1.82, 2.24) is 15.5 Å². The number of nitrogens with one attached hydrogen (secondary N) is 2. The number of carbonyl (C=O) groups is 1. The van der Waals surface area contributed by atoms with Crippen molar-refractivity contribution >= 4 is 30.7 Å². The first-order chi connectivity index (χ1) is 9.15. The van der Waals surface area contributed by atoms with E-state index in [1.165, 1.54) is 25.8 Å². The second-order valence-corrected chi connectivity index (χ2v) is 6.51. The predicted octanol–water partition coefficient (Wildman–Crippen LogP) is 1.92. The summed E-state index contributed by atoms with van der Waals surface area (Å²) in [5.41, 5.74) is 0. The highest BCUT2D eigenvalue weighted by molar-refractivity contribution is 5.85. The van der Waals surface area contributed by atoms with Gasteiger partial charge in [0.1, 0.15) is 0 Å². The molecule has 0 saturated carbocycles. The fourth-order valence-corrected chi connectivity index (χ4v) is 3.35. The molecule has 126 valence electrons. The molecule has 0 radical (unpaired) electrons. The summed E-state index contributed by atoms with van der Waals surface area (Å²) in [5.74, 6) is 2.07. The monoisotopic (exact) mass is 339 g/mol. The SMILES string of the molecule is CC(CC(=O)NCC1CCN(C)C1)C1CCCNC1.Cl.Cl. The van der Waals surface area contributed by atoms with Crippen LogP contribution in [0.1, 0.15) is 32.6 Å². The van der Waals surface area contributed by atoms with Gasteiger partial charge in [-0.2, -0.15) is 0 Å². The Morgan fingerprint density at radius 1 is 1.38 bits per heavy atom. The third kappa shape index (κ3) is 7.18. The van der Waals surface area contributed by atoms with E-state index >= 15 is 0 Å². The van der Waals surface area contributed by atoms with E-state index in [1.54, 1.807) is 0 Å². The Balaban J connectivity index is 0.00000200. The Morgan fingerprint density at radius 2 is 2.14 bits per heavy atom. The average molecular weight is 340 g/mol. The lowest BCUT2D eigenvalue weighted by molar-refractivity contribution is -0.122. The highest BCUT2D eigenvalue weighted by Crippen LogP contribution is 2.22. The second kappa shape index (κ2) is 10.7. The highest BCUT2D eigenvalue weighted by Gasteiger charge is 2.23. The molecule has 0 aromatic carbocycles. The van der Waals surface area contributed by atoms with Crippen molar-refractivity contribution in [3.8, 4) is 0 Å². The van der Waals surface area contributed by atoms with Crippen molar-refractivity contribution in [3.05, 3.63) is 0 Å². The number of hydrogen-bond acceptors (Lipinski definition) is 3. The summed E-state index contributed by atoms with van der Waals surface area (Å²) in [6.07, 6.45) is 4.44. The van der Waals surface area contributed by atoms with E-state index in [0.717, 1.165) is 26.2 Å². The van der Waals surface area contributed by atoms with Gasteiger partial charge < -0.3 is 15.5 Å². The van der Waals surface area contributed by atoms with Gasteiger partial charge in [-0.1, -0.05) is 6.92 Å².